The second kappa shape index (κ2) is 8.18. The number of rotatable bonds is 6. The fraction of sp³-hybridized carbons (Fsp3) is 0.250. The smallest absolute Gasteiger partial charge is 0.260 e. The average Bonchev–Trinajstić information content (AvgIpc) is 3.09. The number of carbonyl (C=O) groups is 2. The van der Waals surface area contributed by atoms with E-state index in [2.05, 4.69) is 10.3 Å². The van der Waals surface area contributed by atoms with E-state index in [0.717, 1.165) is 15.2 Å². The Kier molecular flexibility index (Phi) is 5.71. The lowest BCUT2D eigenvalue weighted by molar-refractivity contribution is -0.134. The van der Waals surface area contributed by atoms with Crippen molar-refractivity contribution < 1.29 is 14.3 Å². The molecule has 0 saturated heterocycles. The number of thiazole rings is 1. The van der Waals surface area contributed by atoms with Gasteiger partial charge in [0.2, 0.25) is 5.91 Å². The summed E-state index contributed by atoms with van der Waals surface area (Å²) in [6, 6.07) is 14.8. The Balaban J connectivity index is 1.66. The van der Waals surface area contributed by atoms with Gasteiger partial charge in [0.15, 0.2) is 6.61 Å². The molecular formula is C20H21N3O3S. The van der Waals surface area contributed by atoms with Gasteiger partial charge in [0.25, 0.3) is 5.91 Å². The second-order valence-corrected chi connectivity index (χ2v) is 7.23. The molecular weight excluding hydrogens is 362 g/mol. The number of benzene rings is 2. The zero-order valence-corrected chi connectivity index (χ0v) is 16.2. The number of carbonyl (C=O) groups excluding carboxylic acids is 2. The number of hydrogen-bond acceptors (Lipinski definition) is 5. The van der Waals surface area contributed by atoms with Crippen LogP contribution in [0, 0.1) is 0 Å². The molecule has 0 unspecified atom stereocenters. The van der Waals surface area contributed by atoms with E-state index in [1.807, 2.05) is 31.2 Å². The normalized spacial score (nSPS) is 11.8. The number of hydrogen-bond donors (Lipinski definition) is 1. The highest BCUT2D eigenvalue weighted by atomic mass is 32.1. The molecule has 0 aliphatic rings. The molecule has 1 N–H and O–H groups in total. The fourth-order valence-electron chi connectivity index (χ4n) is 2.58. The highest BCUT2D eigenvalue weighted by Gasteiger charge is 2.21. The highest BCUT2D eigenvalue weighted by Crippen LogP contribution is 2.29. The van der Waals surface area contributed by atoms with E-state index in [1.165, 1.54) is 6.92 Å². The molecule has 0 aliphatic heterocycles. The van der Waals surface area contributed by atoms with Crippen molar-refractivity contribution in [1.29, 1.82) is 0 Å². The zero-order valence-electron chi connectivity index (χ0n) is 15.4. The van der Waals surface area contributed by atoms with Crippen molar-refractivity contribution in [3.63, 3.8) is 0 Å². The standard InChI is InChI=1S/C20H21N3O3S/c1-13(20-22-16-9-5-7-11-18(16)27-20)23(3)19(25)12-26-17-10-6-4-8-15(17)21-14(2)24/h4-11,13H,12H2,1-3H3,(H,21,24)/t13-/m1/s1. The van der Waals surface area contributed by atoms with E-state index in [-0.39, 0.29) is 24.5 Å². The third kappa shape index (κ3) is 4.43. The average molecular weight is 383 g/mol. The van der Waals surface area contributed by atoms with Crippen molar-refractivity contribution in [1.82, 2.24) is 9.88 Å². The van der Waals surface area contributed by atoms with Crippen molar-refractivity contribution in [2.75, 3.05) is 19.0 Å². The summed E-state index contributed by atoms with van der Waals surface area (Å²) < 4.78 is 6.74. The number of para-hydroxylation sites is 3. The van der Waals surface area contributed by atoms with E-state index in [4.69, 9.17) is 4.74 Å². The highest BCUT2D eigenvalue weighted by molar-refractivity contribution is 7.18. The molecule has 7 heteroatoms. The second-order valence-electron chi connectivity index (χ2n) is 6.17. The molecule has 0 aliphatic carbocycles. The molecule has 0 fully saturated rings. The number of fused-ring (bicyclic) bond motifs is 1. The summed E-state index contributed by atoms with van der Waals surface area (Å²) in [5.74, 6) is 0.0976. The summed E-state index contributed by atoms with van der Waals surface area (Å²) in [5, 5.41) is 3.57. The van der Waals surface area contributed by atoms with E-state index in [0.29, 0.717) is 11.4 Å². The Morgan fingerprint density at radius 2 is 1.89 bits per heavy atom. The number of amides is 2. The van der Waals surface area contributed by atoms with Gasteiger partial charge in [-0.25, -0.2) is 4.98 Å². The maximum absolute atomic E-state index is 12.6. The molecule has 140 valence electrons. The predicted molar refractivity (Wildman–Crippen MR) is 107 cm³/mol. The third-order valence-electron chi connectivity index (χ3n) is 4.19. The number of aromatic nitrogens is 1. The van der Waals surface area contributed by atoms with Gasteiger partial charge >= 0.3 is 0 Å². The molecule has 27 heavy (non-hydrogen) atoms. The van der Waals surface area contributed by atoms with E-state index >= 15 is 0 Å². The first-order chi connectivity index (χ1) is 13.0. The molecule has 3 aromatic rings. The Hall–Kier alpha value is -2.93. The number of likely N-dealkylation sites (N-methyl/N-ethyl adjacent to an activating group) is 1. The van der Waals surface area contributed by atoms with Gasteiger partial charge in [-0.15, -0.1) is 11.3 Å². The minimum Gasteiger partial charge on any atom is -0.482 e. The molecule has 0 spiro atoms. The van der Waals surface area contributed by atoms with Gasteiger partial charge < -0.3 is 15.0 Å². The van der Waals surface area contributed by atoms with Gasteiger partial charge in [-0.2, -0.15) is 0 Å². The first-order valence-corrected chi connectivity index (χ1v) is 9.38. The summed E-state index contributed by atoms with van der Waals surface area (Å²) in [6.07, 6.45) is 0. The molecule has 2 aromatic carbocycles. The van der Waals surface area contributed by atoms with Crippen molar-refractivity contribution in [3.8, 4) is 5.75 Å². The summed E-state index contributed by atoms with van der Waals surface area (Å²) in [5.41, 5.74) is 1.48. The van der Waals surface area contributed by atoms with Gasteiger partial charge in [-0.05, 0) is 31.2 Å². The van der Waals surface area contributed by atoms with Crippen LogP contribution in [-0.4, -0.2) is 35.4 Å². The fourth-order valence-corrected chi connectivity index (χ4v) is 3.64. The van der Waals surface area contributed by atoms with Crippen LogP contribution in [0.1, 0.15) is 24.9 Å². The maximum atomic E-state index is 12.6. The van der Waals surface area contributed by atoms with Crippen LogP contribution in [0.15, 0.2) is 48.5 Å². The van der Waals surface area contributed by atoms with E-state index < -0.39 is 0 Å². The maximum Gasteiger partial charge on any atom is 0.260 e. The summed E-state index contributed by atoms with van der Waals surface area (Å²) >= 11 is 1.58. The van der Waals surface area contributed by atoms with Gasteiger partial charge in [0.1, 0.15) is 10.8 Å². The molecule has 2 amide bonds. The van der Waals surface area contributed by atoms with Crippen LogP contribution >= 0.6 is 11.3 Å². The Bertz CT molecular complexity index is 937. The molecule has 1 aromatic heterocycles. The Labute approximate surface area is 161 Å². The number of anilines is 1. The molecule has 6 nitrogen and oxygen atoms in total. The zero-order chi connectivity index (χ0) is 19.4. The van der Waals surface area contributed by atoms with Crippen LogP contribution < -0.4 is 10.1 Å². The van der Waals surface area contributed by atoms with Gasteiger partial charge in [-0.3, -0.25) is 9.59 Å². The summed E-state index contributed by atoms with van der Waals surface area (Å²) in [4.78, 5) is 30.1. The molecule has 3 rings (SSSR count). The van der Waals surface area contributed by atoms with Crippen LogP contribution in [-0.2, 0) is 9.59 Å². The Morgan fingerprint density at radius 1 is 1.19 bits per heavy atom. The van der Waals surface area contributed by atoms with Crippen molar-refractivity contribution in [3.05, 3.63) is 53.5 Å². The minimum atomic E-state index is -0.195. The lowest BCUT2D eigenvalue weighted by Crippen LogP contribution is -2.33. The predicted octanol–water partition coefficient (Wildman–Crippen LogP) is 3.85. The van der Waals surface area contributed by atoms with Crippen molar-refractivity contribution in [2.45, 2.75) is 19.9 Å². The molecule has 0 radical (unpaired) electrons. The van der Waals surface area contributed by atoms with E-state index in [9.17, 15) is 9.59 Å². The number of ether oxygens (including phenoxy) is 1. The number of nitrogens with zero attached hydrogens (tertiary/aromatic N) is 2. The van der Waals surface area contributed by atoms with Crippen molar-refractivity contribution in [2.24, 2.45) is 0 Å². The lowest BCUT2D eigenvalue weighted by atomic mass is 10.3. The van der Waals surface area contributed by atoms with Crippen LogP contribution in [0.3, 0.4) is 0 Å². The summed E-state index contributed by atoms with van der Waals surface area (Å²) in [7, 11) is 1.74. The largest absolute Gasteiger partial charge is 0.482 e. The van der Waals surface area contributed by atoms with Gasteiger partial charge in [0.05, 0.1) is 21.9 Å². The Morgan fingerprint density at radius 3 is 2.63 bits per heavy atom. The SMILES string of the molecule is CC(=O)Nc1ccccc1OCC(=O)N(C)[C@H](C)c1nc2ccccc2s1. The van der Waals surface area contributed by atoms with Crippen LogP contribution in [0.25, 0.3) is 10.2 Å². The summed E-state index contributed by atoms with van der Waals surface area (Å²) in [6.45, 7) is 3.25. The van der Waals surface area contributed by atoms with Gasteiger partial charge in [0, 0.05) is 14.0 Å². The van der Waals surface area contributed by atoms with Gasteiger partial charge in [-0.1, -0.05) is 24.3 Å². The molecule has 1 atom stereocenters. The minimum absolute atomic E-state index is 0.123. The molecule has 0 bridgehead atoms. The lowest BCUT2D eigenvalue weighted by Gasteiger charge is -2.23. The van der Waals surface area contributed by atoms with E-state index in [1.54, 1.807) is 47.5 Å². The molecule has 1 heterocycles. The molecule has 0 saturated carbocycles. The monoisotopic (exact) mass is 383 g/mol. The van der Waals surface area contributed by atoms with Crippen LogP contribution in [0.2, 0.25) is 0 Å². The van der Waals surface area contributed by atoms with Crippen LogP contribution in [0.4, 0.5) is 5.69 Å². The number of nitrogens with one attached hydrogen (secondary N) is 1. The van der Waals surface area contributed by atoms with Crippen molar-refractivity contribution >= 4 is 39.1 Å². The first-order valence-electron chi connectivity index (χ1n) is 8.56. The quantitative estimate of drug-likeness (QED) is 0.702. The van der Waals surface area contributed by atoms with Crippen LogP contribution in [0.5, 0.6) is 5.75 Å². The topological polar surface area (TPSA) is 71.5 Å². The first kappa shape index (κ1) is 18.8. The third-order valence-corrected chi connectivity index (χ3v) is 5.40.